The fraction of sp³-hybridized carbons (Fsp3) is 1.00. The van der Waals surface area contributed by atoms with Crippen molar-refractivity contribution in [1.82, 2.24) is 0 Å². The highest BCUT2D eigenvalue weighted by Crippen LogP contribution is 2.20. The maximum Gasteiger partial charge on any atom is 0.130 e. The summed E-state index contributed by atoms with van der Waals surface area (Å²) in [5, 5.41) is 8.18. The van der Waals surface area contributed by atoms with Crippen LogP contribution in [0.3, 0.4) is 0 Å². The number of rotatable bonds is 1. The number of alkyl halides is 1. The van der Waals surface area contributed by atoms with Crippen LogP contribution >= 0.6 is 15.9 Å². The third kappa shape index (κ3) is 8.08. The van der Waals surface area contributed by atoms with Crippen molar-refractivity contribution < 1.29 is 0 Å². The lowest BCUT2D eigenvalue weighted by Crippen LogP contribution is -2.12. The molecule has 0 aliphatic rings. The third-order valence-corrected chi connectivity index (χ3v) is 0.746. The average molecular weight is 207 g/mol. The molecule has 0 bridgehead atoms. The van der Waals surface area contributed by atoms with E-state index in [2.05, 4.69) is 26.2 Å². The number of nitrogens with zero attached hydrogens (tertiary/aromatic N) is 2. The predicted octanol–water partition coefficient (Wildman–Crippen LogP) is 3.37. The summed E-state index contributed by atoms with van der Waals surface area (Å²) in [7, 11) is 0. The summed E-state index contributed by atoms with van der Waals surface area (Å²) in [6.45, 7) is 9.99. The van der Waals surface area contributed by atoms with E-state index in [9.17, 15) is 0 Å². The summed E-state index contributed by atoms with van der Waals surface area (Å²) in [5.74, 6) is 0. The molecule has 0 unspecified atom stereocenters. The summed E-state index contributed by atoms with van der Waals surface area (Å²) >= 11 is 3.37. The van der Waals surface area contributed by atoms with E-state index in [-0.39, 0.29) is 9.99 Å². The zero-order valence-corrected chi connectivity index (χ0v) is 8.86. The van der Waals surface area contributed by atoms with Crippen molar-refractivity contribution in [3.63, 3.8) is 0 Å². The van der Waals surface area contributed by atoms with Crippen LogP contribution in [0, 0.1) is 0 Å². The average Bonchev–Trinajstić information content (AvgIpc) is 1.57. The Kier molecular flexibility index (Phi) is 3.01. The van der Waals surface area contributed by atoms with Gasteiger partial charge in [-0.2, -0.15) is 10.2 Å². The van der Waals surface area contributed by atoms with Crippen LogP contribution in [0.15, 0.2) is 10.2 Å². The second-order valence-electron chi connectivity index (χ2n) is 3.78. The van der Waals surface area contributed by atoms with Gasteiger partial charge in [-0.15, -0.1) is 0 Å². The van der Waals surface area contributed by atoms with Crippen LogP contribution in [0.1, 0.15) is 34.6 Å². The van der Waals surface area contributed by atoms with Gasteiger partial charge in [0.1, 0.15) is 4.45 Å². The molecule has 0 aromatic rings. The molecule has 3 heteroatoms. The minimum Gasteiger partial charge on any atom is -0.187 e. The van der Waals surface area contributed by atoms with Gasteiger partial charge in [-0.25, -0.2) is 0 Å². The van der Waals surface area contributed by atoms with Crippen molar-refractivity contribution in [1.29, 1.82) is 0 Å². The molecule has 0 amide bonds. The molecule has 0 spiro atoms. The first-order valence-corrected chi connectivity index (χ1v) is 4.13. The third-order valence-electron chi connectivity index (χ3n) is 0.588. The minimum absolute atomic E-state index is 0.0644. The molecule has 2 nitrogen and oxygen atoms in total. The second kappa shape index (κ2) is 2.99. The Hall–Kier alpha value is 0.0800. The van der Waals surface area contributed by atoms with E-state index in [1.54, 1.807) is 0 Å². The van der Waals surface area contributed by atoms with Gasteiger partial charge in [0.05, 0.1) is 5.54 Å². The van der Waals surface area contributed by atoms with Gasteiger partial charge >= 0.3 is 0 Å². The molecule has 0 aliphatic carbocycles. The predicted molar refractivity (Wildman–Crippen MR) is 47.6 cm³/mol. The van der Waals surface area contributed by atoms with E-state index in [0.29, 0.717) is 0 Å². The van der Waals surface area contributed by atoms with Gasteiger partial charge < -0.3 is 0 Å². The number of hydrogen-bond acceptors (Lipinski definition) is 2. The van der Waals surface area contributed by atoms with Gasteiger partial charge in [-0.3, -0.25) is 0 Å². The van der Waals surface area contributed by atoms with Gasteiger partial charge in [-0.1, -0.05) is 15.9 Å². The van der Waals surface area contributed by atoms with Crippen LogP contribution in [-0.2, 0) is 0 Å². The molecule has 0 saturated heterocycles. The fourth-order valence-electron chi connectivity index (χ4n) is 0.269. The minimum atomic E-state index is -0.222. The van der Waals surface area contributed by atoms with Crippen LogP contribution in [0.25, 0.3) is 0 Å². The molecule has 0 heterocycles. The van der Waals surface area contributed by atoms with E-state index < -0.39 is 0 Å². The SMILES string of the molecule is CC(C)(C)/N=N/C(C)(C)Br. The summed E-state index contributed by atoms with van der Waals surface area (Å²) < 4.78 is -0.222. The summed E-state index contributed by atoms with van der Waals surface area (Å²) in [4.78, 5) is 0. The highest BCUT2D eigenvalue weighted by Gasteiger charge is 2.13. The van der Waals surface area contributed by atoms with Gasteiger partial charge in [-0.05, 0) is 34.6 Å². The zero-order valence-electron chi connectivity index (χ0n) is 7.27. The van der Waals surface area contributed by atoms with E-state index in [1.165, 1.54) is 0 Å². The van der Waals surface area contributed by atoms with Crippen molar-refractivity contribution in [3.05, 3.63) is 0 Å². The summed E-state index contributed by atoms with van der Waals surface area (Å²) in [6, 6.07) is 0. The zero-order chi connectivity index (χ0) is 8.41. The van der Waals surface area contributed by atoms with Gasteiger partial charge in [0, 0.05) is 0 Å². The Labute approximate surface area is 71.2 Å². The maximum absolute atomic E-state index is 4.11. The van der Waals surface area contributed by atoms with Crippen molar-refractivity contribution in [2.75, 3.05) is 0 Å². The van der Waals surface area contributed by atoms with Crippen molar-refractivity contribution in [2.45, 2.75) is 44.6 Å². The van der Waals surface area contributed by atoms with Gasteiger partial charge in [0.15, 0.2) is 0 Å². The Morgan fingerprint density at radius 3 is 1.40 bits per heavy atom. The van der Waals surface area contributed by atoms with E-state index >= 15 is 0 Å². The normalized spacial score (nSPS) is 14.6. The highest BCUT2D eigenvalue weighted by atomic mass is 79.9. The Morgan fingerprint density at radius 1 is 0.900 bits per heavy atom. The molecular weight excluding hydrogens is 192 g/mol. The quantitative estimate of drug-likeness (QED) is 0.357. The van der Waals surface area contributed by atoms with Crippen molar-refractivity contribution in [2.24, 2.45) is 10.2 Å². The van der Waals surface area contributed by atoms with E-state index in [1.807, 2.05) is 34.6 Å². The van der Waals surface area contributed by atoms with Crippen molar-refractivity contribution in [3.8, 4) is 0 Å². The molecule has 0 aromatic heterocycles. The van der Waals surface area contributed by atoms with Crippen molar-refractivity contribution >= 4 is 15.9 Å². The van der Waals surface area contributed by atoms with Crippen LogP contribution in [0.2, 0.25) is 0 Å². The number of halogens is 1. The lowest BCUT2D eigenvalue weighted by atomic mass is 10.1. The number of azo groups is 1. The first kappa shape index (κ1) is 10.1. The van der Waals surface area contributed by atoms with Crippen LogP contribution in [0.5, 0.6) is 0 Å². The Balaban J connectivity index is 4.01. The molecule has 0 rings (SSSR count). The van der Waals surface area contributed by atoms with E-state index in [4.69, 9.17) is 0 Å². The molecule has 0 fully saturated rings. The van der Waals surface area contributed by atoms with Gasteiger partial charge in [0.25, 0.3) is 0 Å². The first-order valence-electron chi connectivity index (χ1n) is 3.34. The highest BCUT2D eigenvalue weighted by molar-refractivity contribution is 9.10. The summed E-state index contributed by atoms with van der Waals surface area (Å²) in [5.41, 5.74) is -0.0644. The fourth-order valence-corrected chi connectivity index (χ4v) is 0.348. The molecule has 0 radical (unpaired) electrons. The molecule has 60 valence electrons. The Morgan fingerprint density at radius 2 is 1.30 bits per heavy atom. The molecule has 0 aromatic carbocycles. The largest absolute Gasteiger partial charge is 0.187 e. The maximum atomic E-state index is 4.11. The molecule has 10 heavy (non-hydrogen) atoms. The molecule has 0 saturated carbocycles. The topological polar surface area (TPSA) is 24.7 Å². The molecule has 0 atom stereocenters. The lowest BCUT2D eigenvalue weighted by Gasteiger charge is -2.13. The van der Waals surface area contributed by atoms with Crippen LogP contribution in [0.4, 0.5) is 0 Å². The lowest BCUT2D eigenvalue weighted by molar-refractivity contribution is 0.516. The number of hydrogen-bond donors (Lipinski definition) is 0. The van der Waals surface area contributed by atoms with Gasteiger partial charge in [0.2, 0.25) is 0 Å². The van der Waals surface area contributed by atoms with Crippen LogP contribution in [-0.4, -0.2) is 9.99 Å². The monoisotopic (exact) mass is 206 g/mol. The Bertz CT molecular complexity index is 112. The standard InChI is InChI=1S/C7H15BrN2/c1-6(2,3)9-10-7(4,5)8/h1-5H3/b10-9+. The smallest absolute Gasteiger partial charge is 0.130 e. The molecular formula is C7H15BrN2. The first-order chi connectivity index (χ1) is 4.21. The molecule has 0 N–H and O–H groups in total. The second-order valence-corrected chi connectivity index (χ2v) is 5.72. The summed E-state index contributed by atoms with van der Waals surface area (Å²) in [6.07, 6.45) is 0. The van der Waals surface area contributed by atoms with Crippen LogP contribution < -0.4 is 0 Å². The van der Waals surface area contributed by atoms with E-state index in [0.717, 1.165) is 0 Å². The molecule has 0 aliphatic heterocycles.